The molecule has 0 amide bonds. The molecule has 1 fully saturated rings. The molecular weight excluding hydrogens is 192 g/mol. The normalized spacial score (nSPS) is 36.9. The first-order valence-electron chi connectivity index (χ1n) is 5.59. The summed E-state index contributed by atoms with van der Waals surface area (Å²) in [6.45, 7) is 2.16. The van der Waals surface area contributed by atoms with Crippen molar-refractivity contribution in [2.45, 2.75) is 44.2 Å². The fourth-order valence-electron chi connectivity index (χ4n) is 2.55. The maximum atomic E-state index is 11.1. The van der Waals surface area contributed by atoms with Crippen molar-refractivity contribution >= 4 is 5.97 Å². The van der Waals surface area contributed by atoms with Crippen LogP contribution in [0.15, 0.2) is 0 Å². The van der Waals surface area contributed by atoms with Gasteiger partial charge in [-0.05, 0) is 39.3 Å². The monoisotopic (exact) mass is 214 g/mol. The van der Waals surface area contributed by atoms with Crippen LogP contribution in [-0.2, 0) is 4.79 Å². The van der Waals surface area contributed by atoms with Crippen LogP contribution in [0.5, 0.6) is 0 Å². The third kappa shape index (κ3) is 2.49. The van der Waals surface area contributed by atoms with Crippen molar-refractivity contribution in [1.82, 2.24) is 4.90 Å². The van der Waals surface area contributed by atoms with Crippen LogP contribution in [0, 0.1) is 5.92 Å². The van der Waals surface area contributed by atoms with Gasteiger partial charge in [-0.3, -0.25) is 4.79 Å². The lowest BCUT2D eigenvalue weighted by atomic mass is 9.72. The fraction of sp³-hybridized carbons (Fsp3) is 0.909. The van der Waals surface area contributed by atoms with Crippen molar-refractivity contribution in [1.29, 1.82) is 0 Å². The van der Waals surface area contributed by atoms with E-state index in [-0.39, 0.29) is 0 Å². The van der Waals surface area contributed by atoms with Gasteiger partial charge in [0.25, 0.3) is 0 Å². The molecule has 3 N–H and O–H groups in total. The Hall–Kier alpha value is -0.610. The highest BCUT2D eigenvalue weighted by Gasteiger charge is 2.43. The molecule has 0 saturated heterocycles. The van der Waals surface area contributed by atoms with Crippen molar-refractivity contribution in [3.63, 3.8) is 0 Å². The van der Waals surface area contributed by atoms with E-state index in [2.05, 4.69) is 11.8 Å². The molecule has 3 atom stereocenters. The van der Waals surface area contributed by atoms with E-state index in [1.54, 1.807) is 0 Å². The van der Waals surface area contributed by atoms with Gasteiger partial charge in [0, 0.05) is 6.04 Å². The zero-order valence-electron chi connectivity index (χ0n) is 9.86. The van der Waals surface area contributed by atoms with E-state index in [0.29, 0.717) is 24.8 Å². The zero-order chi connectivity index (χ0) is 11.6. The van der Waals surface area contributed by atoms with E-state index in [1.165, 1.54) is 0 Å². The first-order valence-corrected chi connectivity index (χ1v) is 5.59. The molecule has 1 aliphatic rings. The number of hydrogen-bond acceptors (Lipinski definition) is 3. The molecule has 0 bridgehead atoms. The van der Waals surface area contributed by atoms with Crippen LogP contribution in [0.3, 0.4) is 0 Å². The molecule has 0 heterocycles. The van der Waals surface area contributed by atoms with Gasteiger partial charge in [-0.2, -0.15) is 0 Å². The molecule has 4 heteroatoms. The number of nitrogens with two attached hydrogens (primary N) is 1. The van der Waals surface area contributed by atoms with Crippen molar-refractivity contribution < 1.29 is 9.90 Å². The Kier molecular flexibility index (Phi) is 3.73. The smallest absolute Gasteiger partial charge is 0.323 e. The molecule has 0 radical (unpaired) electrons. The topological polar surface area (TPSA) is 66.6 Å². The van der Waals surface area contributed by atoms with Crippen LogP contribution < -0.4 is 5.73 Å². The Morgan fingerprint density at radius 2 is 2.20 bits per heavy atom. The van der Waals surface area contributed by atoms with Gasteiger partial charge in [0.05, 0.1) is 0 Å². The van der Waals surface area contributed by atoms with E-state index in [1.807, 2.05) is 14.1 Å². The number of carbonyl (C=O) groups is 1. The van der Waals surface area contributed by atoms with Gasteiger partial charge < -0.3 is 15.7 Å². The largest absolute Gasteiger partial charge is 0.480 e. The zero-order valence-corrected chi connectivity index (χ0v) is 9.86. The summed E-state index contributed by atoms with van der Waals surface area (Å²) in [4.78, 5) is 13.2. The third-order valence-corrected chi connectivity index (χ3v) is 3.69. The first-order chi connectivity index (χ1) is 6.90. The second-order valence-electron chi connectivity index (χ2n) is 4.90. The Morgan fingerprint density at radius 1 is 1.60 bits per heavy atom. The fourth-order valence-corrected chi connectivity index (χ4v) is 2.55. The molecule has 0 aliphatic heterocycles. The lowest BCUT2D eigenvalue weighted by Gasteiger charge is -2.42. The van der Waals surface area contributed by atoms with Crippen LogP contribution in [0.2, 0.25) is 0 Å². The molecule has 4 nitrogen and oxygen atoms in total. The highest BCUT2D eigenvalue weighted by atomic mass is 16.4. The highest BCUT2D eigenvalue weighted by Crippen LogP contribution is 2.34. The number of hydrogen-bond donors (Lipinski definition) is 2. The third-order valence-electron chi connectivity index (χ3n) is 3.69. The lowest BCUT2D eigenvalue weighted by molar-refractivity contribution is -0.146. The predicted molar refractivity (Wildman–Crippen MR) is 59.7 cm³/mol. The van der Waals surface area contributed by atoms with Gasteiger partial charge in [-0.15, -0.1) is 0 Å². The van der Waals surface area contributed by atoms with Crippen molar-refractivity contribution in [3.05, 3.63) is 0 Å². The van der Waals surface area contributed by atoms with Crippen molar-refractivity contribution in [2.24, 2.45) is 11.7 Å². The van der Waals surface area contributed by atoms with Gasteiger partial charge in [-0.1, -0.05) is 13.3 Å². The Bertz CT molecular complexity index is 243. The van der Waals surface area contributed by atoms with Crippen molar-refractivity contribution in [3.8, 4) is 0 Å². The number of nitrogens with zero attached hydrogens (tertiary/aromatic N) is 1. The van der Waals surface area contributed by atoms with Crippen LogP contribution in [0.1, 0.15) is 32.6 Å². The van der Waals surface area contributed by atoms with Crippen molar-refractivity contribution in [2.75, 3.05) is 14.1 Å². The highest BCUT2D eigenvalue weighted by molar-refractivity contribution is 5.78. The average molecular weight is 214 g/mol. The summed E-state index contributed by atoms with van der Waals surface area (Å²) >= 11 is 0. The molecule has 0 spiro atoms. The number of carboxylic acids is 1. The maximum Gasteiger partial charge on any atom is 0.323 e. The first kappa shape index (κ1) is 12.5. The molecule has 88 valence electrons. The standard InChI is InChI=1S/C11H22N2O2/c1-4-8-5-6-11(12,10(14)15)7-9(8)13(2)3/h8-9H,4-7,12H2,1-3H3,(H,14,15). The second kappa shape index (κ2) is 4.49. The van der Waals surface area contributed by atoms with E-state index in [9.17, 15) is 4.79 Å². The minimum atomic E-state index is -1.01. The average Bonchev–Trinajstić information content (AvgIpc) is 2.17. The van der Waals surface area contributed by atoms with Crippen LogP contribution in [-0.4, -0.2) is 41.7 Å². The quantitative estimate of drug-likeness (QED) is 0.733. The molecule has 15 heavy (non-hydrogen) atoms. The number of rotatable bonds is 3. The van der Waals surface area contributed by atoms with Gasteiger partial charge in [0.15, 0.2) is 0 Å². The molecule has 1 rings (SSSR count). The molecule has 0 aromatic rings. The Morgan fingerprint density at radius 3 is 2.60 bits per heavy atom. The lowest BCUT2D eigenvalue weighted by Crippen LogP contribution is -2.57. The minimum absolute atomic E-state index is 0.296. The molecule has 0 aromatic heterocycles. The van der Waals surface area contributed by atoms with Crippen LogP contribution >= 0.6 is 0 Å². The van der Waals surface area contributed by atoms with Crippen LogP contribution in [0.4, 0.5) is 0 Å². The van der Waals surface area contributed by atoms with E-state index in [4.69, 9.17) is 10.8 Å². The second-order valence-corrected chi connectivity index (χ2v) is 4.90. The molecule has 3 unspecified atom stereocenters. The molecular formula is C11H22N2O2. The summed E-state index contributed by atoms with van der Waals surface area (Å²) in [6.07, 6.45) is 3.18. The van der Waals surface area contributed by atoms with Crippen LogP contribution in [0.25, 0.3) is 0 Å². The number of aliphatic carboxylic acids is 1. The number of carboxylic acid groups (broad SMARTS) is 1. The summed E-state index contributed by atoms with van der Waals surface area (Å²) in [5.74, 6) is -0.278. The Labute approximate surface area is 91.4 Å². The maximum absolute atomic E-state index is 11.1. The Balaban J connectivity index is 2.78. The van der Waals surface area contributed by atoms with Gasteiger partial charge >= 0.3 is 5.97 Å². The minimum Gasteiger partial charge on any atom is -0.480 e. The summed E-state index contributed by atoms with van der Waals surface area (Å²) in [5, 5.41) is 9.11. The van der Waals surface area contributed by atoms with Gasteiger partial charge in [0.1, 0.15) is 5.54 Å². The summed E-state index contributed by atoms with van der Waals surface area (Å²) < 4.78 is 0. The summed E-state index contributed by atoms with van der Waals surface area (Å²) in [6, 6.07) is 0.296. The SMILES string of the molecule is CCC1CCC(N)(C(=O)O)CC1N(C)C. The molecule has 1 aliphatic carbocycles. The summed E-state index contributed by atoms with van der Waals surface area (Å²) in [5.41, 5.74) is 4.91. The molecule has 0 aromatic carbocycles. The molecule has 1 saturated carbocycles. The van der Waals surface area contributed by atoms with E-state index in [0.717, 1.165) is 12.8 Å². The summed E-state index contributed by atoms with van der Waals surface area (Å²) in [7, 11) is 4.00. The van der Waals surface area contributed by atoms with E-state index >= 15 is 0 Å². The predicted octanol–water partition coefficient (Wildman–Crippen LogP) is 0.909. The van der Waals surface area contributed by atoms with Gasteiger partial charge in [-0.25, -0.2) is 0 Å². The van der Waals surface area contributed by atoms with Gasteiger partial charge in [0.2, 0.25) is 0 Å². The van der Waals surface area contributed by atoms with E-state index < -0.39 is 11.5 Å².